The van der Waals surface area contributed by atoms with Crippen LogP contribution in [-0.4, -0.2) is 16.3 Å². The van der Waals surface area contributed by atoms with Crippen LogP contribution in [0.5, 0.6) is 5.75 Å². The molecule has 27 heavy (non-hydrogen) atoms. The van der Waals surface area contributed by atoms with Gasteiger partial charge in [-0.15, -0.1) is 0 Å². The zero-order valence-corrected chi connectivity index (χ0v) is 16.0. The van der Waals surface area contributed by atoms with Gasteiger partial charge >= 0.3 is 0 Å². The van der Waals surface area contributed by atoms with Crippen molar-refractivity contribution in [3.63, 3.8) is 0 Å². The standard InChI is InChI=1S/C25H28O2/c1-24-11-12-25(15-17-5-3-2-4-6-17)16-20(27)14-23(25)22(24)9-7-18-13-19(26)8-10-21(18)24/h2-6,8,10,13,20,26-27H,7,9,11-12,14-16H2,1H3/t20-,24+,25?/m1/s1. The third-order valence-corrected chi connectivity index (χ3v) is 7.55. The van der Waals surface area contributed by atoms with E-state index in [-0.39, 0.29) is 16.9 Å². The summed E-state index contributed by atoms with van der Waals surface area (Å²) in [6.07, 6.45) is 6.89. The van der Waals surface area contributed by atoms with Gasteiger partial charge in [-0.05, 0) is 79.2 Å². The van der Waals surface area contributed by atoms with E-state index < -0.39 is 0 Å². The molecule has 0 saturated heterocycles. The van der Waals surface area contributed by atoms with Gasteiger partial charge in [0, 0.05) is 5.41 Å². The first kappa shape index (κ1) is 17.1. The second kappa shape index (κ2) is 5.97. The number of aliphatic hydroxyl groups is 1. The molecule has 2 N–H and O–H groups in total. The van der Waals surface area contributed by atoms with E-state index in [1.807, 2.05) is 12.1 Å². The van der Waals surface area contributed by atoms with Crippen LogP contribution in [0.25, 0.3) is 0 Å². The average Bonchev–Trinajstić information content (AvgIpc) is 2.98. The molecule has 2 nitrogen and oxygen atoms in total. The number of aryl methyl sites for hydroxylation is 1. The lowest BCUT2D eigenvalue weighted by molar-refractivity contribution is 0.149. The van der Waals surface area contributed by atoms with E-state index in [4.69, 9.17) is 0 Å². The van der Waals surface area contributed by atoms with Crippen molar-refractivity contribution < 1.29 is 10.2 Å². The molecular formula is C25H28O2. The summed E-state index contributed by atoms with van der Waals surface area (Å²) in [4.78, 5) is 0. The maximum Gasteiger partial charge on any atom is 0.115 e. The highest BCUT2D eigenvalue weighted by atomic mass is 16.3. The van der Waals surface area contributed by atoms with Crippen LogP contribution in [0.4, 0.5) is 0 Å². The Bertz CT molecular complexity index is 913. The normalized spacial score (nSPS) is 32.0. The fourth-order valence-electron chi connectivity index (χ4n) is 6.33. The largest absolute Gasteiger partial charge is 0.508 e. The van der Waals surface area contributed by atoms with Gasteiger partial charge in [0.1, 0.15) is 5.75 Å². The molecule has 2 aromatic carbocycles. The minimum Gasteiger partial charge on any atom is -0.508 e. The Kier molecular flexibility index (Phi) is 3.77. The lowest BCUT2D eigenvalue weighted by atomic mass is 9.55. The molecular weight excluding hydrogens is 332 g/mol. The van der Waals surface area contributed by atoms with Crippen LogP contribution < -0.4 is 0 Å². The van der Waals surface area contributed by atoms with Crippen LogP contribution in [0.15, 0.2) is 59.7 Å². The number of hydrogen-bond donors (Lipinski definition) is 2. The van der Waals surface area contributed by atoms with Gasteiger partial charge in [-0.25, -0.2) is 0 Å². The first-order valence-electron chi connectivity index (χ1n) is 10.3. The smallest absolute Gasteiger partial charge is 0.115 e. The number of hydrogen-bond acceptors (Lipinski definition) is 2. The number of phenolic OH excluding ortho intramolecular Hbond substituents is 1. The van der Waals surface area contributed by atoms with E-state index in [1.165, 1.54) is 16.7 Å². The predicted octanol–water partition coefficient (Wildman–Crippen LogP) is 5.07. The number of aromatic hydroxyl groups is 1. The molecule has 0 aromatic heterocycles. The molecule has 1 saturated carbocycles. The number of fused-ring (bicyclic) bond motifs is 4. The SMILES string of the molecule is C[C@@]12CCC3(Cc4ccccc4)C[C@H](O)CC3=C1CCc1cc(O)ccc12. The van der Waals surface area contributed by atoms with Gasteiger partial charge in [0.25, 0.3) is 0 Å². The third kappa shape index (κ3) is 2.57. The first-order chi connectivity index (χ1) is 13.0. The molecule has 0 bridgehead atoms. The van der Waals surface area contributed by atoms with Gasteiger partial charge < -0.3 is 10.2 Å². The molecule has 3 aliphatic carbocycles. The molecule has 0 amide bonds. The minimum atomic E-state index is -0.209. The fraction of sp³-hybridized carbons (Fsp3) is 0.440. The predicted molar refractivity (Wildman–Crippen MR) is 108 cm³/mol. The van der Waals surface area contributed by atoms with E-state index in [2.05, 4.69) is 43.3 Å². The van der Waals surface area contributed by atoms with Gasteiger partial charge in [-0.2, -0.15) is 0 Å². The Morgan fingerprint density at radius 1 is 1.00 bits per heavy atom. The number of benzene rings is 2. The van der Waals surface area contributed by atoms with E-state index >= 15 is 0 Å². The van der Waals surface area contributed by atoms with Crippen molar-refractivity contribution in [1.29, 1.82) is 0 Å². The Labute approximate surface area is 161 Å². The number of allylic oxidation sites excluding steroid dienone is 1. The number of phenols is 1. The first-order valence-corrected chi connectivity index (χ1v) is 10.3. The van der Waals surface area contributed by atoms with E-state index in [0.29, 0.717) is 5.75 Å². The van der Waals surface area contributed by atoms with Crippen LogP contribution in [0, 0.1) is 5.41 Å². The Balaban J connectivity index is 1.62. The Morgan fingerprint density at radius 2 is 1.81 bits per heavy atom. The third-order valence-electron chi connectivity index (χ3n) is 7.55. The summed E-state index contributed by atoms with van der Waals surface area (Å²) < 4.78 is 0. The maximum atomic E-state index is 10.6. The van der Waals surface area contributed by atoms with Crippen LogP contribution in [0.2, 0.25) is 0 Å². The van der Waals surface area contributed by atoms with Crippen molar-refractivity contribution in [3.05, 3.63) is 76.4 Å². The highest BCUT2D eigenvalue weighted by molar-refractivity contribution is 5.52. The summed E-state index contributed by atoms with van der Waals surface area (Å²) in [7, 11) is 0. The molecule has 2 aromatic rings. The van der Waals surface area contributed by atoms with Crippen LogP contribution >= 0.6 is 0 Å². The monoisotopic (exact) mass is 360 g/mol. The average molecular weight is 360 g/mol. The summed E-state index contributed by atoms with van der Waals surface area (Å²) in [6, 6.07) is 16.7. The van der Waals surface area contributed by atoms with E-state index in [1.54, 1.807) is 11.1 Å². The van der Waals surface area contributed by atoms with Crippen molar-refractivity contribution >= 4 is 0 Å². The fourth-order valence-corrected chi connectivity index (χ4v) is 6.33. The molecule has 0 aliphatic heterocycles. The van der Waals surface area contributed by atoms with Crippen molar-refractivity contribution in [2.24, 2.45) is 5.41 Å². The molecule has 3 atom stereocenters. The van der Waals surface area contributed by atoms with Crippen LogP contribution in [-0.2, 0) is 18.3 Å². The number of rotatable bonds is 2. The van der Waals surface area contributed by atoms with Gasteiger partial charge in [0.05, 0.1) is 6.10 Å². The van der Waals surface area contributed by atoms with Gasteiger partial charge in [-0.1, -0.05) is 54.5 Å². The summed E-state index contributed by atoms with van der Waals surface area (Å²) in [5.74, 6) is 0.374. The molecule has 0 heterocycles. The molecule has 3 aliphatic rings. The zero-order chi connectivity index (χ0) is 18.6. The zero-order valence-electron chi connectivity index (χ0n) is 16.0. The highest BCUT2D eigenvalue weighted by Crippen LogP contribution is 2.61. The quantitative estimate of drug-likeness (QED) is 0.734. The maximum absolute atomic E-state index is 10.6. The van der Waals surface area contributed by atoms with E-state index in [0.717, 1.165) is 44.9 Å². The van der Waals surface area contributed by atoms with Crippen molar-refractivity contribution in [2.75, 3.05) is 0 Å². The molecule has 5 rings (SSSR count). The van der Waals surface area contributed by atoms with Gasteiger partial charge in [-0.3, -0.25) is 0 Å². The van der Waals surface area contributed by atoms with Crippen molar-refractivity contribution in [3.8, 4) is 5.75 Å². The molecule has 1 fully saturated rings. The molecule has 2 heteroatoms. The summed E-state index contributed by atoms with van der Waals surface area (Å²) >= 11 is 0. The Morgan fingerprint density at radius 3 is 2.63 bits per heavy atom. The topological polar surface area (TPSA) is 40.5 Å². The summed E-state index contributed by atoms with van der Waals surface area (Å²) in [5.41, 5.74) is 7.39. The second-order valence-electron chi connectivity index (χ2n) is 9.14. The van der Waals surface area contributed by atoms with Gasteiger partial charge in [0.15, 0.2) is 0 Å². The van der Waals surface area contributed by atoms with E-state index in [9.17, 15) is 10.2 Å². The van der Waals surface area contributed by atoms with Crippen LogP contribution in [0.3, 0.4) is 0 Å². The summed E-state index contributed by atoms with van der Waals surface area (Å²) in [5, 5.41) is 20.6. The molecule has 0 spiro atoms. The second-order valence-corrected chi connectivity index (χ2v) is 9.14. The lowest BCUT2D eigenvalue weighted by Gasteiger charge is -2.49. The van der Waals surface area contributed by atoms with Crippen molar-refractivity contribution in [2.45, 2.75) is 63.4 Å². The molecule has 1 unspecified atom stereocenters. The van der Waals surface area contributed by atoms with Crippen LogP contribution in [0.1, 0.15) is 55.7 Å². The molecule has 140 valence electrons. The Hall–Kier alpha value is -2.06. The lowest BCUT2D eigenvalue weighted by Crippen LogP contribution is -2.40. The highest BCUT2D eigenvalue weighted by Gasteiger charge is 2.52. The van der Waals surface area contributed by atoms with Crippen molar-refractivity contribution in [1.82, 2.24) is 0 Å². The number of aliphatic hydroxyl groups excluding tert-OH is 1. The summed E-state index contributed by atoms with van der Waals surface area (Å²) in [6.45, 7) is 2.39. The molecule has 0 radical (unpaired) electrons. The van der Waals surface area contributed by atoms with Gasteiger partial charge in [0.2, 0.25) is 0 Å². The minimum absolute atomic E-state index is 0.0564.